The molecule has 1 rings (SSSR count). The van der Waals surface area contributed by atoms with E-state index in [0.29, 0.717) is 12.0 Å². The first-order valence-electron chi connectivity index (χ1n) is 27.1. The Morgan fingerprint density at radius 2 is 1.01 bits per heavy atom. The number of nitrogens with one attached hydrogen (secondary N) is 6. The minimum absolute atomic E-state index is 0.0390. The van der Waals surface area contributed by atoms with Crippen molar-refractivity contribution < 1.29 is 66.8 Å². The fourth-order valence-electron chi connectivity index (χ4n) is 8.02. The van der Waals surface area contributed by atoms with Gasteiger partial charge in [-0.25, -0.2) is 0 Å². The molecule has 1 aromatic rings. The lowest BCUT2D eigenvalue weighted by Crippen LogP contribution is -2.62. The molecule has 1 aromatic carbocycles. The summed E-state index contributed by atoms with van der Waals surface area (Å²) in [6.45, 7) is 27.8. The van der Waals surface area contributed by atoms with Gasteiger partial charge in [-0.15, -0.1) is 0 Å². The molecule has 0 aromatic heterocycles. The van der Waals surface area contributed by atoms with Gasteiger partial charge in [-0.2, -0.15) is 0 Å². The minimum Gasteiger partial charge on any atom is -0.460 e. The maximum atomic E-state index is 14.8. The number of carbonyl (C=O) groups is 9. The molecular formula is C57H96N6O14. The zero-order valence-electron chi connectivity index (χ0n) is 49.6. The smallest absolute Gasteiger partial charge is 0.308 e. The highest BCUT2D eigenvalue weighted by atomic mass is 16.7. The van der Waals surface area contributed by atoms with Gasteiger partial charge in [0, 0.05) is 33.5 Å². The molecule has 0 radical (unpaired) electrons. The molecule has 0 saturated heterocycles. The van der Waals surface area contributed by atoms with E-state index in [-0.39, 0.29) is 31.6 Å². The van der Waals surface area contributed by atoms with E-state index < -0.39 is 137 Å². The van der Waals surface area contributed by atoms with Gasteiger partial charge in [0.1, 0.15) is 47.0 Å². The summed E-state index contributed by atoms with van der Waals surface area (Å²) in [5.74, 6) is -6.91. The topological polar surface area (TPSA) is 272 Å². The third-order valence-electron chi connectivity index (χ3n) is 11.7. The van der Waals surface area contributed by atoms with Crippen LogP contribution < -0.4 is 31.9 Å². The fourth-order valence-corrected chi connectivity index (χ4v) is 8.02. The molecule has 6 atom stereocenters. The summed E-state index contributed by atoms with van der Waals surface area (Å²) in [6, 6.07) is -0.264. The first kappa shape index (κ1) is 69.4. The number of esters is 3. The first-order chi connectivity index (χ1) is 35.5. The van der Waals surface area contributed by atoms with Crippen LogP contribution in [0.1, 0.15) is 186 Å². The largest absolute Gasteiger partial charge is 0.460 e. The standard InChI is InChI=1S/C57H96N6O14/c1-19-20-21-22-27-39(53(73-17)74-18)60-49(69)40(32-35(2)3)62-52(72)47(54(5,6)7)63-51(71)41(33-37-26-24-23-25-36(37)4)61-48(68)38(28-30-44(65)75-55(8,9)10)59-50(70)42(34-46(67)77-57(14,15)16)58-43(64)29-31-45(66)76-56(11,12)13/h23-26,35,38-42,47,53H,19-22,27-34H2,1-18H3,(H,58,64)(H,59,70)(H,60,69)(H,61,68)(H,62,72)(H,63,71)/t38-,39?,40-,41-,42-,47+/m0/s1. The zero-order valence-corrected chi connectivity index (χ0v) is 49.6. The molecule has 6 N–H and O–H groups in total. The molecule has 1 unspecified atom stereocenters. The van der Waals surface area contributed by atoms with Crippen molar-refractivity contribution in [3.63, 3.8) is 0 Å². The van der Waals surface area contributed by atoms with E-state index >= 15 is 0 Å². The van der Waals surface area contributed by atoms with Gasteiger partial charge in [-0.3, -0.25) is 43.2 Å². The second-order valence-corrected chi connectivity index (χ2v) is 24.2. The number of unbranched alkanes of at least 4 members (excludes halogenated alkanes) is 3. The van der Waals surface area contributed by atoms with Crippen molar-refractivity contribution in [1.82, 2.24) is 31.9 Å². The maximum Gasteiger partial charge on any atom is 0.308 e. The highest BCUT2D eigenvalue weighted by Gasteiger charge is 2.39. The highest BCUT2D eigenvalue weighted by Crippen LogP contribution is 2.22. The molecule has 0 heterocycles. The molecule has 0 fully saturated rings. The van der Waals surface area contributed by atoms with Crippen LogP contribution in [-0.4, -0.2) is 127 Å². The van der Waals surface area contributed by atoms with Crippen molar-refractivity contribution >= 4 is 53.4 Å². The number of aryl methyl sites for hydroxylation is 1. The van der Waals surface area contributed by atoms with Crippen LogP contribution in [0.5, 0.6) is 0 Å². The van der Waals surface area contributed by atoms with Crippen molar-refractivity contribution in [2.45, 2.75) is 247 Å². The molecule has 20 nitrogen and oxygen atoms in total. The SMILES string of the molecule is CCCCCCC(NC(=O)[C@H](CC(C)C)NC(=O)[C@@H](NC(=O)[C@H](Cc1ccccc1C)NC(=O)[C@H](CCC(=O)OC(C)(C)C)NC(=O)[C@H](CC(=O)OC(C)(C)C)NC(=O)CCC(=O)OC(C)(C)C)C(C)(C)C)C(OC)OC. The van der Waals surface area contributed by atoms with Gasteiger partial charge in [0.05, 0.1) is 18.9 Å². The van der Waals surface area contributed by atoms with Gasteiger partial charge in [0.2, 0.25) is 35.4 Å². The first-order valence-corrected chi connectivity index (χ1v) is 27.1. The van der Waals surface area contributed by atoms with Crippen LogP contribution in [0.25, 0.3) is 0 Å². The van der Waals surface area contributed by atoms with Crippen molar-refractivity contribution in [2.24, 2.45) is 11.3 Å². The number of rotatable bonds is 31. The molecule has 20 heteroatoms. The third-order valence-corrected chi connectivity index (χ3v) is 11.7. The lowest BCUT2D eigenvalue weighted by molar-refractivity contribution is -0.158. The number of hydrogen-bond acceptors (Lipinski definition) is 14. The molecule has 77 heavy (non-hydrogen) atoms. The Kier molecular flexibility index (Phi) is 29.1. The van der Waals surface area contributed by atoms with E-state index in [1.54, 1.807) is 95.2 Å². The Hall–Kier alpha value is -5.63. The molecule has 0 aliphatic carbocycles. The minimum atomic E-state index is -1.63. The van der Waals surface area contributed by atoms with E-state index in [2.05, 4.69) is 38.8 Å². The summed E-state index contributed by atoms with van der Waals surface area (Å²) in [5, 5.41) is 16.6. The van der Waals surface area contributed by atoms with E-state index in [4.69, 9.17) is 23.7 Å². The molecule has 0 aliphatic heterocycles. The summed E-state index contributed by atoms with van der Waals surface area (Å²) in [6.07, 6.45) is 1.61. The Bertz CT molecular complexity index is 2100. The van der Waals surface area contributed by atoms with Crippen molar-refractivity contribution in [2.75, 3.05) is 14.2 Å². The molecule has 6 amide bonds. The molecule has 0 spiro atoms. The van der Waals surface area contributed by atoms with Crippen molar-refractivity contribution in [3.05, 3.63) is 35.4 Å². The van der Waals surface area contributed by atoms with E-state index in [9.17, 15) is 43.2 Å². The van der Waals surface area contributed by atoms with Crippen LogP contribution in [0.15, 0.2) is 24.3 Å². The van der Waals surface area contributed by atoms with Gasteiger partial charge in [0.25, 0.3) is 0 Å². The average molecular weight is 1090 g/mol. The summed E-state index contributed by atoms with van der Waals surface area (Å²) in [7, 11) is 2.98. The number of methoxy groups -OCH3 is 2. The van der Waals surface area contributed by atoms with Crippen LogP contribution in [0.4, 0.5) is 0 Å². The van der Waals surface area contributed by atoms with E-state index in [1.807, 2.05) is 32.9 Å². The fraction of sp³-hybridized carbons (Fsp3) is 0.737. The number of carbonyl (C=O) groups excluding carboxylic acids is 9. The quantitative estimate of drug-likeness (QED) is 0.0212. The Morgan fingerprint density at radius 3 is 1.53 bits per heavy atom. The number of benzene rings is 1. The zero-order chi connectivity index (χ0) is 59.1. The molecule has 0 bridgehead atoms. The van der Waals surface area contributed by atoms with Crippen LogP contribution >= 0.6 is 0 Å². The van der Waals surface area contributed by atoms with Gasteiger partial charge >= 0.3 is 17.9 Å². The second kappa shape index (κ2) is 32.3. The summed E-state index contributed by atoms with van der Waals surface area (Å²) in [4.78, 5) is 124. The summed E-state index contributed by atoms with van der Waals surface area (Å²) >= 11 is 0. The van der Waals surface area contributed by atoms with Crippen molar-refractivity contribution in [1.29, 1.82) is 0 Å². The monoisotopic (exact) mass is 1090 g/mol. The summed E-state index contributed by atoms with van der Waals surface area (Å²) < 4.78 is 27.4. The number of ether oxygens (including phenoxy) is 5. The lowest BCUT2D eigenvalue weighted by atomic mass is 9.85. The average Bonchev–Trinajstić information content (AvgIpc) is 3.27. The predicted octanol–water partition coefficient (Wildman–Crippen LogP) is 6.10. The molecule has 0 saturated carbocycles. The van der Waals surface area contributed by atoms with Crippen LogP contribution in [0.3, 0.4) is 0 Å². The predicted molar refractivity (Wildman–Crippen MR) is 293 cm³/mol. The Balaban J connectivity index is 3.79. The van der Waals surface area contributed by atoms with Gasteiger partial charge in [-0.05, 0) is 111 Å². The molecule has 438 valence electrons. The Labute approximate surface area is 458 Å². The van der Waals surface area contributed by atoms with Gasteiger partial charge in [0.15, 0.2) is 6.29 Å². The second-order valence-electron chi connectivity index (χ2n) is 24.2. The van der Waals surface area contributed by atoms with Crippen molar-refractivity contribution in [3.8, 4) is 0 Å². The van der Waals surface area contributed by atoms with Crippen LogP contribution in [0.2, 0.25) is 0 Å². The van der Waals surface area contributed by atoms with Gasteiger partial charge < -0.3 is 55.6 Å². The number of hydrogen-bond donors (Lipinski definition) is 6. The van der Waals surface area contributed by atoms with E-state index in [0.717, 1.165) is 31.2 Å². The van der Waals surface area contributed by atoms with Gasteiger partial charge in [-0.1, -0.05) is 91.5 Å². The van der Waals surface area contributed by atoms with E-state index in [1.165, 1.54) is 14.2 Å². The third kappa shape index (κ3) is 29.1. The number of amides is 6. The molecular weight excluding hydrogens is 993 g/mol. The van der Waals surface area contributed by atoms with Crippen LogP contribution in [0, 0.1) is 18.3 Å². The Morgan fingerprint density at radius 1 is 0.519 bits per heavy atom. The molecule has 0 aliphatic rings. The summed E-state index contributed by atoms with van der Waals surface area (Å²) in [5.41, 5.74) is -2.22. The van der Waals surface area contributed by atoms with Crippen LogP contribution in [-0.2, 0) is 73.3 Å². The lowest BCUT2D eigenvalue weighted by Gasteiger charge is -2.34. The normalized spacial score (nSPS) is 14.4. The maximum absolute atomic E-state index is 14.8. The highest BCUT2D eigenvalue weighted by molar-refractivity contribution is 5.98.